The van der Waals surface area contributed by atoms with Gasteiger partial charge in [-0.1, -0.05) is 18.2 Å². The molecule has 0 heterocycles. The van der Waals surface area contributed by atoms with E-state index < -0.39 is 21.5 Å². The van der Waals surface area contributed by atoms with Crippen LogP contribution in [0.25, 0.3) is 0 Å². The molecule has 0 fully saturated rings. The van der Waals surface area contributed by atoms with Gasteiger partial charge in [0.2, 0.25) is 0 Å². The third-order valence-corrected chi connectivity index (χ3v) is 3.19. The fourth-order valence-electron chi connectivity index (χ4n) is 0.700. The molecule has 0 spiro atoms. The van der Waals surface area contributed by atoms with Gasteiger partial charge < -0.3 is 4.55 Å². The van der Waals surface area contributed by atoms with Gasteiger partial charge in [0.05, 0.1) is 4.90 Å². The Morgan fingerprint density at radius 2 is 1.71 bits per heavy atom. The second-order valence-electron chi connectivity index (χ2n) is 2.04. The number of hydrogen-bond acceptors (Lipinski definition) is 5. The summed E-state index contributed by atoms with van der Waals surface area (Å²) in [6.45, 7) is 0. The molecule has 0 amide bonds. The van der Waals surface area contributed by atoms with Crippen LogP contribution >= 0.6 is 0 Å². The Morgan fingerprint density at radius 1 is 1.21 bits per heavy atom. The molecule has 5 nitrogen and oxygen atoms in total. The first kappa shape index (κ1) is 14.9. The standard InChI is InChI=1S/C6H6O5S2.K/c7-12(8)11-13(9,10)6-4-2-1-3-5-6;/h1-5H,(H,7,8);/q;+1/p-1. The van der Waals surface area contributed by atoms with E-state index in [2.05, 4.69) is 3.63 Å². The van der Waals surface area contributed by atoms with Gasteiger partial charge >= 0.3 is 61.5 Å². The molecule has 1 atom stereocenters. The third kappa shape index (κ3) is 4.60. The van der Waals surface area contributed by atoms with Gasteiger partial charge in [-0.05, 0) is 12.1 Å². The molecular formula is C6H5KO5S2. The maximum Gasteiger partial charge on any atom is 1.00 e. The molecule has 0 bridgehead atoms. The molecule has 0 radical (unpaired) electrons. The summed E-state index contributed by atoms with van der Waals surface area (Å²) in [6.07, 6.45) is 0. The summed E-state index contributed by atoms with van der Waals surface area (Å²) in [5.74, 6) is 0. The largest absolute Gasteiger partial charge is 1.00 e. The molecule has 0 aliphatic rings. The van der Waals surface area contributed by atoms with Crippen LogP contribution < -0.4 is 51.4 Å². The topological polar surface area (TPSA) is 83.5 Å². The van der Waals surface area contributed by atoms with Crippen LogP contribution in [-0.4, -0.2) is 17.2 Å². The fourth-order valence-corrected chi connectivity index (χ4v) is 2.09. The summed E-state index contributed by atoms with van der Waals surface area (Å²) in [5, 5.41) is 0. The van der Waals surface area contributed by atoms with Crippen LogP contribution in [0.1, 0.15) is 0 Å². The van der Waals surface area contributed by atoms with Gasteiger partial charge in [0.15, 0.2) is 0 Å². The first-order chi connectivity index (χ1) is 6.02. The quantitative estimate of drug-likeness (QED) is 0.433. The number of hydrogen-bond donors (Lipinski definition) is 0. The van der Waals surface area contributed by atoms with Crippen molar-refractivity contribution < 1.29 is 72.2 Å². The fraction of sp³-hybridized carbons (Fsp3) is 0. The van der Waals surface area contributed by atoms with Crippen molar-refractivity contribution in [2.24, 2.45) is 0 Å². The van der Waals surface area contributed by atoms with Crippen molar-refractivity contribution in [3.8, 4) is 0 Å². The van der Waals surface area contributed by atoms with E-state index in [9.17, 15) is 17.2 Å². The van der Waals surface area contributed by atoms with Crippen molar-refractivity contribution >= 4 is 21.5 Å². The summed E-state index contributed by atoms with van der Waals surface area (Å²) in [4.78, 5) is -0.195. The van der Waals surface area contributed by atoms with E-state index in [1.807, 2.05) is 0 Å². The van der Waals surface area contributed by atoms with E-state index in [-0.39, 0.29) is 56.3 Å². The molecule has 0 saturated heterocycles. The minimum Gasteiger partial charge on any atom is -0.749 e. The number of rotatable bonds is 3. The third-order valence-electron chi connectivity index (χ3n) is 1.18. The maximum absolute atomic E-state index is 11.0. The van der Waals surface area contributed by atoms with E-state index >= 15 is 0 Å². The predicted octanol–water partition coefficient (Wildman–Crippen LogP) is -2.81. The molecule has 1 rings (SSSR count). The Bertz CT molecular complexity index is 401. The molecule has 72 valence electrons. The van der Waals surface area contributed by atoms with Crippen LogP contribution in [0.15, 0.2) is 35.2 Å². The molecule has 8 heteroatoms. The zero-order valence-corrected chi connectivity index (χ0v) is 12.0. The van der Waals surface area contributed by atoms with Crippen LogP contribution in [0.4, 0.5) is 0 Å². The van der Waals surface area contributed by atoms with Crippen LogP contribution in [0.3, 0.4) is 0 Å². The van der Waals surface area contributed by atoms with Crippen molar-refractivity contribution in [2.45, 2.75) is 4.90 Å². The van der Waals surface area contributed by atoms with Gasteiger partial charge in [0, 0.05) is 0 Å². The van der Waals surface area contributed by atoms with Crippen LogP contribution in [0.2, 0.25) is 0 Å². The summed E-state index contributed by atoms with van der Waals surface area (Å²) in [7, 11) is -4.17. The summed E-state index contributed by atoms with van der Waals surface area (Å²) in [6, 6.07) is 7.01. The van der Waals surface area contributed by atoms with E-state index in [0.717, 1.165) is 0 Å². The molecule has 0 aromatic heterocycles. The molecule has 1 aromatic carbocycles. The molecular weight excluding hydrogens is 255 g/mol. The van der Waals surface area contributed by atoms with Crippen LogP contribution in [-0.2, 0) is 25.1 Å². The summed E-state index contributed by atoms with van der Waals surface area (Å²) in [5.41, 5.74) is 0. The normalized spacial score (nSPS) is 12.9. The average molecular weight is 260 g/mol. The predicted molar refractivity (Wildman–Crippen MR) is 43.6 cm³/mol. The Morgan fingerprint density at radius 3 is 2.14 bits per heavy atom. The van der Waals surface area contributed by atoms with E-state index in [1.54, 1.807) is 6.07 Å². The van der Waals surface area contributed by atoms with Crippen molar-refractivity contribution in [1.82, 2.24) is 0 Å². The van der Waals surface area contributed by atoms with Gasteiger partial charge in [-0.2, -0.15) is 12.0 Å². The monoisotopic (exact) mass is 260 g/mol. The minimum absolute atomic E-state index is 0. The van der Waals surface area contributed by atoms with Crippen LogP contribution in [0, 0.1) is 0 Å². The molecule has 0 saturated carbocycles. The van der Waals surface area contributed by atoms with Crippen molar-refractivity contribution in [1.29, 1.82) is 0 Å². The minimum atomic E-state index is -4.17. The smallest absolute Gasteiger partial charge is 0.749 e. The van der Waals surface area contributed by atoms with Crippen LogP contribution in [0.5, 0.6) is 0 Å². The Balaban J connectivity index is 0.00000169. The van der Waals surface area contributed by atoms with E-state index in [1.165, 1.54) is 24.3 Å². The molecule has 0 aliphatic carbocycles. The second-order valence-corrected chi connectivity index (χ2v) is 4.37. The second kappa shape index (κ2) is 6.46. The van der Waals surface area contributed by atoms with Crippen molar-refractivity contribution in [3.63, 3.8) is 0 Å². The van der Waals surface area contributed by atoms with Gasteiger partial charge in [0.1, 0.15) is 11.4 Å². The van der Waals surface area contributed by atoms with E-state index in [0.29, 0.717) is 0 Å². The van der Waals surface area contributed by atoms with E-state index in [4.69, 9.17) is 0 Å². The van der Waals surface area contributed by atoms with Crippen molar-refractivity contribution in [2.75, 3.05) is 0 Å². The Kier molecular flexibility index (Phi) is 6.86. The molecule has 0 aliphatic heterocycles. The zero-order chi connectivity index (χ0) is 9.90. The van der Waals surface area contributed by atoms with Gasteiger partial charge in [-0.3, -0.25) is 0 Å². The molecule has 0 N–H and O–H groups in total. The summed E-state index contributed by atoms with van der Waals surface area (Å²) < 4.78 is 45.7. The Hall–Kier alpha value is 0.876. The first-order valence-electron chi connectivity index (χ1n) is 3.11. The molecule has 1 unspecified atom stereocenters. The zero-order valence-electron chi connectivity index (χ0n) is 7.24. The summed E-state index contributed by atoms with van der Waals surface area (Å²) >= 11 is -3.07. The Labute approximate surface area is 127 Å². The SMILES string of the molecule is O=S([O-])OS(=O)(=O)c1ccccc1.[K+]. The number of benzene rings is 1. The average Bonchev–Trinajstić information content (AvgIpc) is 2.04. The van der Waals surface area contributed by atoms with Gasteiger partial charge in [0.25, 0.3) is 0 Å². The molecule has 1 aromatic rings. The van der Waals surface area contributed by atoms with Crippen molar-refractivity contribution in [3.05, 3.63) is 30.3 Å². The van der Waals surface area contributed by atoms with Gasteiger partial charge in [-0.25, -0.2) is 4.21 Å². The maximum atomic E-state index is 11.0. The van der Waals surface area contributed by atoms with Gasteiger partial charge in [-0.15, -0.1) is 0 Å². The first-order valence-corrected chi connectivity index (χ1v) is 5.52. The molecule has 14 heavy (non-hydrogen) atoms.